The van der Waals surface area contributed by atoms with Gasteiger partial charge in [0, 0.05) is 12.8 Å². The summed E-state index contributed by atoms with van der Waals surface area (Å²) in [5.41, 5.74) is 1.27. The Morgan fingerprint density at radius 3 is 2.78 bits per heavy atom. The lowest BCUT2D eigenvalue weighted by Gasteiger charge is -2.35. The lowest BCUT2D eigenvalue weighted by molar-refractivity contribution is -0.921. The smallest absolute Gasteiger partial charge is 0.102 e. The van der Waals surface area contributed by atoms with Gasteiger partial charge in [0.1, 0.15) is 6.54 Å². The molecule has 0 amide bonds. The number of likely N-dealkylation sites (N-methyl/N-ethyl adjacent to an activating group) is 1. The van der Waals surface area contributed by atoms with Crippen LogP contribution in [0, 0.1) is 0 Å². The van der Waals surface area contributed by atoms with Crippen LogP contribution in [0.15, 0.2) is 30.3 Å². The first-order valence-corrected chi connectivity index (χ1v) is 7.20. The molecular weight excluding hydrogens is 222 g/mol. The number of benzene rings is 1. The quantitative estimate of drug-likeness (QED) is 0.555. The first-order valence-electron chi connectivity index (χ1n) is 7.20. The van der Waals surface area contributed by atoms with E-state index in [4.69, 9.17) is 4.74 Å². The molecule has 0 radical (unpaired) electrons. The van der Waals surface area contributed by atoms with E-state index in [2.05, 4.69) is 38.2 Å². The zero-order valence-corrected chi connectivity index (χ0v) is 11.8. The van der Waals surface area contributed by atoms with Gasteiger partial charge in [0.05, 0.1) is 32.8 Å². The maximum atomic E-state index is 5.82. The Balaban J connectivity index is 1.72. The monoisotopic (exact) mass is 248 g/mol. The van der Waals surface area contributed by atoms with Gasteiger partial charge in [-0.05, 0) is 12.0 Å². The van der Waals surface area contributed by atoms with Crippen LogP contribution in [-0.2, 0) is 11.3 Å². The first-order chi connectivity index (χ1) is 8.74. The second-order valence-electron chi connectivity index (χ2n) is 5.67. The number of hydrogen-bond donors (Lipinski definition) is 0. The predicted octanol–water partition coefficient (Wildman–Crippen LogP) is 3.22. The van der Waals surface area contributed by atoms with Crippen LogP contribution < -0.4 is 0 Å². The summed E-state index contributed by atoms with van der Waals surface area (Å²) in [6.07, 6.45) is 4.08. The van der Waals surface area contributed by atoms with Crippen LogP contribution in [0.2, 0.25) is 0 Å². The standard InChI is InChI=1S/C16H26NO/c1-3-16-10-7-11-17(16,2)12-13-18-14-15-8-5-4-6-9-15/h4-6,8-9,16H,3,7,10-14H2,1-2H3/q+1/t16-,17?/m1/s1. The SMILES string of the molecule is CC[C@@H]1CCC[N+]1(C)CCOCc1ccccc1. The fourth-order valence-corrected chi connectivity index (χ4v) is 3.16. The molecule has 0 bridgehead atoms. The zero-order valence-electron chi connectivity index (χ0n) is 11.8. The average molecular weight is 248 g/mol. The Morgan fingerprint density at radius 2 is 2.06 bits per heavy atom. The van der Waals surface area contributed by atoms with E-state index in [1.54, 1.807) is 0 Å². The van der Waals surface area contributed by atoms with E-state index in [0.717, 1.165) is 25.8 Å². The molecule has 1 aromatic rings. The van der Waals surface area contributed by atoms with E-state index in [1.807, 2.05) is 6.07 Å². The van der Waals surface area contributed by atoms with Crippen molar-refractivity contribution in [3.8, 4) is 0 Å². The van der Waals surface area contributed by atoms with Crippen molar-refractivity contribution in [2.75, 3.05) is 26.7 Å². The molecule has 1 saturated heterocycles. The summed E-state index contributed by atoms with van der Waals surface area (Å²) < 4.78 is 7.04. The molecule has 0 saturated carbocycles. The Morgan fingerprint density at radius 1 is 1.28 bits per heavy atom. The van der Waals surface area contributed by atoms with Gasteiger partial charge in [-0.25, -0.2) is 0 Å². The number of ether oxygens (including phenoxy) is 1. The van der Waals surface area contributed by atoms with Crippen molar-refractivity contribution in [2.45, 2.75) is 38.8 Å². The van der Waals surface area contributed by atoms with Crippen molar-refractivity contribution in [1.29, 1.82) is 0 Å². The molecule has 1 aromatic carbocycles. The van der Waals surface area contributed by atoms with E-state index in [0.29, 0.717) is 0 Å². The van der Waals surface area contributed by atoms with E-state index in [-0.39, 0.29) is 0 Å². The first kappa shape index (κ1) is 13.6. The van der Waals surface area contributed by atoms with Crippen LogP contribution in [-0.4, -0.2) is 37.3 Å². The minimum atomic E-state index is 0.748. The molecule has 1 aliphatic heterocycles. The molecule has 1 fully saturated rings. The third kappa shape index (κ3) is 3.33. The molecule has 2 rings (SSSR count). The molecule has 0 N–H and O–H groups in total. The predicted molar refractivity (Wildman–Crippen MR) is 75.3 cm³/mol. The van der Waals surface area contributed by atoms with E-state index in [9.17, 15) is 0 Å². The topological polar surface area (TPSA) is 9.23 Å². The largest absolute Gasteiger partial charge is 0.371 e. The van der Waals surface area contributed by atoms with Gasteiger partial charge in [0.2, 0.25) is 0 Å². The molecular formula is C16H26NO+. The van der Waals surface area contributed by atoms with Crippen molar-refractivity contribution in [2.24, 2.45) is 0 Å². The van der Waals surface area contributed by atoms with Crippen LogP contribution in [0.3, 0.4) is 0 Å². The molecule has 2 nitrogen and oxygen atoms in total. The lowest BCUT2D eigenvalue weighted by atomic mass is 10.1. The van der Waals surface area contributed by atoms with E-state index < -0.39 is 0 Å². The summed E-state index contributed by atoms with van der Waals surface area (Å²) in [5.74, 6) is 0. The zero-order chi connectivity index (χ0) is 12.8. The highest BCUT2D eigenvalue weighted by molar-refractivity contribution is 5.13. The van der Waals surface area contributed by atoms with Crippen LogP contribution >= 0.6 is 0 Å². The Hall–Kier alpha value is -0.860. The molecule has 2 heteroatoms. The van der Waals surface area contributed by atoms with Crippen molar-refractivity contribution in [1.82, 2.24) is 0 Å². The van der Waals surface area contributed by atoms with Gasteiger partial charge in [0.15, 0.2) is 0 Å². The van der Waals surface area contributed by atoms with Gasteiger partial charge < -0.3 is 9.22 Å². The van der Waals surface area contributed by atoms with Crippen LogP contribution in [0.1, 0.15) is 31.7 Å². The highest BCUT2D eigenvalue weighted by Gasteiger charge is 2.35. The highest BCUT2D eigenvalue weighted by Crippen LogP contribution is 2.26. The third-order valence-corrected chi connectivity index (χ3v) is 4.42. The molecule has 1 aliphatic rings. The molecule has 100 valence electrons. The van der Waals surface area contributed by atoms with Crippen molar-refractivity contribution < 1.29 is 9.22 Å². The second kappa shape index (κ2) is 6.35. The van der Waals surface area contributed by atoms with Crippen LogP contribution in [0.25, 0.3) is 0 Å². The van der Waals surface area contributed by atoms with E-state index in [1.165, 1.54) is 35.9 Å². The number of nitrogens with zero attached hydrogens (tertiary/aromatic N) is 1. The lowest BCUT2D eigenvalue weighted by Crippen LogP contribution is -2.49. The van der Waals surface area contributed by atoms with Gasteiger partial charge in [-0.15, -0.1) is 0 Å². The normalized spacial score (nSPS) is 27.6. The number of quaternary nitrogens is 1. The van der Waals surface area contributed by atoms with Crippen molar-refractivity contribution in [3.05, 3.63) is 35.9 Å². The summed E-state index contributed by atoms with van der Waals surface area (Å²) >= 11 is 0. The number of rotatable bonds is 6. The molecule has 1 heterocycles. The summed E-state index contributed by atoms with van der Waals surface area (Å²) in [7, 11) is 2.40. The van der Waals surface area contributed by atoms with Crippen molar-refractivity contribution >= 4 is 0 Å². The third-order valence-electron chi connectivity index (χ3n) is 4.42. The summed E-state index contributed by atoms with van der Waals surface area (Å²) in [6.45, 7) is 6.43. The fourth-order valence-electron chi connectivity index (χ4n) is 3.16. The van der Waals surface area contributed by atoms with Crippen LogP contribution in [0.4, 0.5) is 0 Å². The highest BCUT2D eigenvalue weighted by atomic mass is 16.5. The Labute approximate surface area is 111 Å². The maximum Gasteiger partial charge on any atom is 0.102 e. The van der Waals surface area contributed by atoms with Gasteiger partial charge in [0.25, 0.3) is 0 Å². The Bertz CT molecular complexity index is 351. The van der Waals surface area contributed by atoms with E-state index >= 15 is 0 Å². The molecule has 0 aliphatic carbocycles. The molecule has 0 aromatic heterocycles. The second-order valence-corrected chi connectivity index (χ2v) is 5.67. The summed E-state index contributed by atoms with van der Waals surface area (Å²) in [5, 5.41) is 0. The van der Waals surface area contributed by atoms with Crippen molar-refractivity contribution in [3.63, 3.8) is 0 Å². The average Bonchev–Trinajstić information content (AvgIpc) is 2.77. The van der Waals surface area contributed by atoms with Gasteiger partial charge in [-0.3, -0.25) is 0 Å². The maximum absolute atomic E-state index is 5.82. The number of hydrogen-bond acceptors (Lipinski definition) is 1. The summed E-state index contributed by atoms with van der Waals surface area (Å²) in [4.78, 5) is 0. The molecule has 18 heavy (non-hydrogen) atoms. The number of likely N-dealkylation sites (tertiary alicyclic amines) is 1. The van der Waals surface area contributed by atoms with Gasteiger partial charge >= 0.3 is 0 Å². The van der Waals surface area contributed by atoms with Gasteiger partial charge in [-0.2, -0.15) is 0 Å². The fraction of sp³-hybridized carbons (Fsp3) is 0.625. The summed E-state index contributed by atoms with van der Waals surface area (Å²) in [6, 6.07) is 11.3. The Kier molecular flexibility index (Phi) is 4.79. The molecule has 0 spiro atoms. The van der Waals surface area contributed by atoms with Crippen LogP contribution in [0.5, 0.6) is 0 Å². The minimum Gasteiger partial charge on any atom is -0.371 e. The molecule has 2 atom stereocenters. The minimum absolute atomic E-state index is 0.748. The molecule has 1 unspecified atom stereocenters. The van der Waals surface area contributed by atoms with Gasteiger partial charge in [-0.1, -0.05) is 37.3 Å².